The van der Waals surface area contributed by atoms with Crippen LogP contribution in [0.25, 0.3) is 6.08 Å². The van der Waals surface area contributed by atoms with Crippen molar-refractivity contribution in [3.05, 3.63) is 93.8 Å². The second kappa shape index (κ2) is 7.99. The number of H-pyrrole nitrogens is 1. The van der Waals surface area contributed by atoms with E-state index in [0.717, 1.165) is 33.8 Å². The molecule has 2 aliphatic rings. The highest BCUT2D eigenvalue weighted by Gasteiger charge is 2.43. The molecule has 0 fully saturated rings. The number of carbonyl (C=O) groups is 1. The molecule has 5 heteroatoms. The summed E-state index contributed by atoms with van der Waals surface area (Å²) >= 11 is 0. The summed E-state index contributed by atoms with van der Waals surface area (Å²) in [6, 6.07) is 16.5. The highest BCUT2D eigenvalue weighted by molar-refractivity contribution is 5.68. The zero-order valence-electron chi connectivity index (χ0n) is 18.3. The van der Waals surface area contributed by atoms with E-state index in [2.05, 4.69) is 59.7 Å². The molecule has 1 aliphatic carbocycles. The third-order valence-electron chi connectivity index (χ3n) is 7.13. The van der Waals surface area contributed by atoms with Crippen molar-refractivity contribution in [1.29, 1.82) is 0 Å². The van der Waals surface area contributed by atoms with E-state index in [9.17, 15) is 15.0 Å². The lowest BCUT2D eigenvalue weighted by molar-refractivity contribution is -0.136. The normalized spacial score (nSPS) is 21.8. The summed E-state index contributed by atoms with van der Waals surface area (Å²) in [5, 5.41) is 23.6. The number of hydrogen-bond donors (Lipinski definition) is 4. The number of aromatic amines is 1. The summed E-state index contributed by atoms with van der Waals surface area (Å²) in [5.41, 5.74) is 8.80. The van der Waals surface area contributed by atoms with Gasteiger partial charge in [-0.15, -0.1) is 0 Å². The van der Waals surface area contributed by atoms with Crippen LogP contribution in [-0.4, -0.2) is 27.4 Å². The van der Waals surface area contributed by atoms with Crippen molar-refractivity contribution >= 4 is 17.7 Å². The van der Waals surface area contributed by atoms with Crippen LogP contribution in [0.3, 0.4) is 0 Å². The summed E-state index contributed by atoms with van der Waals surface area (Å²) in [6.45, 7) is 4.09. The van der Waals surface area contributed by atoms with Gasteiger partial charge in [-0.05, 0) is 54.2 Å². The fourth-order valence-corrected chi connectivity index (χ4v) is 5.66. The van der Waals surface area contributed by atoms with Crippen LogP contribution >= 0.6 is 0 Å². The molecule has 164 valence electrons. The van der Waals surface area contributed by atoms with E-state index >= 15 is 0 Å². The fraction of sp³-hybridized carbons (Fsp3) is 0.296. The SMILES string of the molecule is Cc1[nH]c(C(C2C=Cc3ccccc32)C2c3ccccc3NC2O)c(C)c1CCC(=O)O. The second-order valence-corrected chi connectivity index (χ2v) is 8.90. The Hall–Kier alpha value is -3.31. The molecular weight excluding hydrogens is 400 g/mol. The van der Waals surface area contributed by atoms with Gasteiger partial charge in [0.05, 0.1) is 0 Å². The number of nitrogens with one attached hydrogen (secondary N) is 2. The van der Waals surface area contributed by atoms with Crippen LogP contribution in [0.1, 0.15) is 63.4 Å². The molecule has 32 heavy (non-hydrogen) atoms. The smallest absolute Gasteiger partial charge is 0.303 e. The van der Waals surface area contributed by atoms with Crippen molar-refractivity contribution in [2.24, 2.45) is 0 Å². The lowest BCUT2D eigenvalue weighted by Gasteiger charge is -2.32. The minimum atomic E-state index is -0.792. The van der Waals surface area contributed by atoms with Crippen LogP contribution in [0.4, 0.5) is 5.69 Å². The molecule has 0 amide bonds. The molecule has 0 spiro atoms. The van der Waals surface area contributed by atoms with Crippen LogP contribution < -0.4 is 5.32 Å². The third kappa shape index (κ3) is 3.33. The van der Waals surface area contributed by atoms with E-state index in [-0.39, 0.29) is 24.2 Å². The first kappa shape index (κ1) is 20.6. The molecule has 1 aromatic heterocycles. The van der Waals surface area contributed by atoms with E-state index in [4.69, 9.17) is 0 Å². The van der Waals surface area contributed by atoms with Crippen molar-refractivity contribution in [3.63, 3.8) is 0 Å². The quantitative estimate of drug-likeness (QED) is 0.442. The topological polar surface area (TPSA) is 85.4 Å². The average Bonchev–Trinajstić information content (AvgIpc) is 3.42. The number of anilines is 1. The monoisotopic (exact) mass is 428 g/mol. The van der Waals surface area contributed by atoms with Gasteiger partial charge in [0.25, 0.3) is 0 Å². The van der Waals surface area contributed by atoms with E-state index in [1.165, 1.54) is 11.1 Å². The van der Waals surface area contributed by atoms with Crippen LogP contribution in [0.5, 0.6) is 0 Å². The number of carboxylic acid groups (broad SMARTS) is 1. The largest absolute Gasteiger partial charge is 0.481 e. The fourth-order valence-electron chi connectivity index (χ4n) is 5.66. The van der Waals surface area contributed by atoms with Crippen LogP contribution in [0, 0.1) is 13.8 Å². The Morgan fingerprint density at radius 3 is 2.56 bits per heavy atom. The van der Waals surface area contributed by atoms with Crippen LogP contribution in [0.2, 0.25) is 0 Å². The number of carboxylic acids is 1. The molecule has 0 saturated carbocycles. The average molecular weight is 429 g/mol. The van der Waals surface area contributed by atoms with E-state index < -0.39 is 12.2 Å². The predicted octanol–water partition coefficient (Wildman–Crippen LogP) is 5.07. The number of hydrogen-bond acceptors (Lipinski definition) is 3. The van der Waals surface area contributed by atoms with Gasteiger partial charge >= 0.3 is 5.97 Å². The van der Waals surface area contributed by atoms with Gasteiger partial charge < -0.3 is 20.5 Å². The summed E-state index contributed by atoms with van der Waals surface area (Å²) < 4.78 is 0. The van der Waals surface area contributed by atoms with Crippen molar-refractivity contribution in [1.82, 2.24) is 4.98 Å². The third-order valence-corrected chi connectivity index (χ3v) is 7.13. The highest BCUT2D eigenvalue weighted by atomic mass is 16.4. The molecule has 0 radical (unpaired) electrons. The number of aliphatic hydroxyl groups excluding tert-OH is 1. The van der Waals surface area contributed by atoms with Crippen LogP contribution in [0.15, 0.2) is 54.6 Å². The first-order chi connectivity index (χ1) is 15.5. The molecule has 1 aliphatic heterocycles. The Morgan fingerprint density at radius 1 is 1.06 bits per heavy atom. The first-order valence-electron chi connectivity index (χ1n) is 11.2. The number of aryl methyl sites for hydroxylation is 1. The van der Waals surface area contributed by atoms with Crippen molar-refractivity contribution in [3.8, 4) is 0 Å². The number of allylic oxidation sites excluding steroid dienone is 1. The number of aliphatic carboxylic acids is 1. The van der Waals surface area contributed by atoms with Gasteiger partial charge in [-0.3, -0.25) is 4.79 Å². The number of aromatic nitrogens is 1. The van der Waals surface area contributed by atoms with E-state index in [1.54, 1.807) is 0 Å². The molecule has 5 nitrogen and oxygen atoms in total. The lowest BCUT2D eigenvalue weighted by Crippen LogP contribution is -2.28. The van der Waals surface area contributed by atoms with Gasteiger partial charge in [0.1, 0.15) is 6.23 Å². The lowest BCUT2D eigenvalue weighted by atomic mass is 9.73. The zero-order chi connectivity index (χ0) is 22.4. The Kier molecular flexibility index (Phi) is 5.14. The molecule has 4 N–H and O–H groups in total. The van der Waals surface area contributed by atoms with E-state index in [1.807, 2.05) is 25.1 Å². The Bertz CT molecular complexity index is 1210. The second-order valence-electron chi connectivity index (χ2n) is 8.90. The Labute approximate surface area is 187 Å². The molecule has 5 rings (SSSR count). The maximum atomic E-state index is 11.2. The number of rotatable bonds is 6. The first-order valence-corrected chi connectivity index (χ1v) is 11.2. The van der Waals surface area contributed by atoms with Crippen molar-refractivity contribution in [2.75, 3.05) is 5.32 Å². The predicted molar refractivity (Wildman–Crippen MR) is 126 cm³/mol. The van der Waals surface area contributed by atoms with E-state index in [0.29, 0.717) is 6.42 Å². The summed E-state index contributed by atoms with van der Waals surface area (Å²) in [4.78, 5) is 14.8. The maximum absolute atomic E-state index is 11.2. The Balaban J connectivity index is 1.65. The number of benzene rings is 2. The molecule has 0 bridgehead atoms. The molecule has 4 unspecified atom stereocenters. The van der Waals surface area contributed by atoms with Gasteiger partial charge in [-0.2, -0.15) is 0 Å². The minimum Gasteiger partial charge on any atom is -0.481 e. The molecular formula is C27H28N2O3. The van der Waals surface area contributed by atoms with Gasteiger partial charge in [0.15, 0.2) is 0 Å². The summed E-state index contributed by atoms with van der Waals surface area (Å²) in [6.07, 6.45) is 4.31. The van der Waals surface area contributed by atoms with Gasteiger partial charge in [0.2, 0.25) is 0 Å². The molecule has 2 heterocycles. The standard InChI is InChI=1S/C27H28N2O3/c1-15-18(13-14-23(30)31)16(2)28-26(15)24(20-12-11-17-7-3-4-8-19(17)20)25-21-9-5-6-10-22(21)29-27(25)32/h3-12,20,24-25,27-29,32H,13-14H2,1-2H3,(H,30,31). The maximum Gasteiger partial charge on any atom is 0.303 e. The van der Waals surface area contributed by atoms with Gasteiger partial charge in [-0.25, -0.2) is 0 Å². The molecule has 4 atom stereocenters. The molecule has 0 saturated heterocycles. The van der Waals surface area contributed by atoms with Crippen molar-refractivity contribution in [2.45, 2.75) is 50.7 Å². The van der Waals surface area contributed by atoms with Crippen LogP contribution in [-0.2, 0) is 11.2 Å². The summed E-state index contributed by atoms with van der Waals surface area (Å²) in [7, 11) is 0. The van der Waals surface area contributed by atoms with Gasteiger partial charge in [-0.1, -0.05) is 54.6 Å². The minimum absolute atomic E-state index is 0.0293. The zero-order valence-corrected chi connectivity index (χ0v) is 18.3. The molecule has 2 aromatic carbocycles. The summed E-state index contributed by atoms with van der Waals surface area (Å²) in [5.74, 6) is -0.864. The number of aliphatic hydroxyl groups is 1. The van der Waals surface area contributed by atoms with Crippen molar-refractivity contribution < 1.29 is 15.0 Å². The molecule has 3 aromatic rings. The Morgan fingerprint density at radius 2 is 1.78 bits per heavy atom. The number of para-hydroxylation sites is 1. The highest BCUT2D eigenvalue weighted by Crippen LogP contribution is 2.53. The number of fused-ring (bicyclic) bond motifs is 2. The van der Waals surface area contributed by atoms with Gasteiger partial charge in [0, 0.05) is 41.2 Å².